The molecule has 7 heteroatoms. The topological polar surface area (TPSA) is 113 Å². The molecular weight excluding hydrogens is 568 g/mol. The van der Waals surface area contributed by atoms with Gasteiger partial charge in [-0.2, -0.15) is 0 Å². The minimum atomic E-state index is -1.07. The summed E-state index contributed by atoms with van der Waals surface area (Å²) in [6.45, 7) is 6.24. The molecule has 1 unspecified atom stereocenters. The predicted molar refractivity (Wildman–Crippen MR) is 185 cm³/mol. The number of carbonyl (C=O) groups excluding carboxylic acids is 2. The van der Waals surface area contributed by atoms with Crippen LogP contribution in [0.2, 0.25) is 0 Å². The molecule has 0 bridgehead atoms. The third kappa shape index (κ3) is 30.2. The van der Waals surface area contributed by atoms with Crippen molar-refractivity contribution in [2.45, 2.75) is 161 Å². The Morgan fingerprint density at radius 1 is 0.578 bits per heavy atom. The van der Waals surface area contributed by atoms with Gasteiger partial charge in [0.15, 0.2) is 0 Å². The van der Waals surface area contributed by atoms with Crippen LogP contribution in [-0.2, 0) is 19.1 Å². The summed E-state index contributed by atoms with van der Waals surface area (Å²) in [4.78, 5) is 23.9. The fourth-order valence-corrected chi connectivity index (χ4v) is 4.62. The minimum Gasteiger partial charge on any atom is -0.463 e. The molecule has 0 aromatic rings. The lowest BCUT2D eigenvalue weighted by atomic mass is 9.99. The molecule has 0 aromatic carbocycles. The molecule has 0 saturated heterocycles. The van der Waals surface area contributed by atoms with E-state index >= 15 is 0 Å². The first-order valence-electron chi connectivity index (χ1n) is 17.7. The van der Waals surface area contributed by atoms with Crippen LogP contribution in [0, 0.1) is 5.92 Å². The second-order valence-corrected chi connectivity index (χ2v) is 12.2. The SMILES string of the molecule is CC/C=C\C/C=C\C/C=C\C/C=C\C[C@H](O)[C@@H](O)CCCC(=O)OC[C@H](O)COC(=O)CCCCCCCCCCC(C)CC. The largest absolute Gasteiger partial charge is 0.463 e. The van der Waals surface area contributed by atoms with Gasteiger partial charge in [0, 0.05) is 12.8 Å². The molecule has 0 aliphatic carbocycles. The number of carbonyl (C=O) groups is 2. The fourth-order valence-electron chi connectivity index (χ4n) is 4.62. The van der Waals surface area contributed by atoms with Crippen molar-refractivity contribution in [3.05, 3.63) is 48.6 Å². The van der Waals surface area contributed by atoms with Gasteiger partial charge in [-0.05, 0) is 57.3 Å². The summed E-state index contributed by atoms with van der Waals surface area (Å²) in [5, 5.41) is 30.3. The van der Waals surface area contributed by atoms with Crippen LogP contribution in [0.5, 0.6) is 0 Å². The van der Waals surface area contributed by atoms with Crippen LogP contribution in [-0.4, -0.2) is 58.8 Å². The second-order valence-electron chi connectivity index (χ2n) is 12.2. The number of aliphatic hydroxyl groups is 3. The predicted octanol–water partition coefficient (Wildman–Crippen LogP) is 8.47. The number of hydrogen-bond acceptors (Lipinski definition) is 7. The Kier molecular flexibility index (Phi) is 30.2. The van der Waals surface area contributed by atoms with Gasteiger partial charge < -0.3 is 24.8 Å². The second kappa shape index (κ2) is 31.7. The van der Waals surface area contributed by atoms with Crippen molar-refractivity contribution in [2.24, 2.45) is 5.92 Å². The Balaban J connectivity index is 3.75. The van der Waals surface area contributed by atoms with E-state index < -0.39 is 24.3 Å². The summed E-state index contributed by atoms with van der Waals surface area (Å²) in [5.74, 6) is -0.00794. The lowest BCUT2D eigenvalue weighted by molar-refractivity contribution is -0.152. The molecule has 7 nitrogen and oxygen atoms in total. The van der Waals surface area contributed by atoms with Crippen molar-refractivity contribution in [1.29, 1.82) is 0 Å². The number of aliphatic hydroxyl groups excluding tert-OH is 3. The third-order valence-corrected chi connectivity index (χ3v) is 7.82. The van der Waals surface area contributed by atoms with Crippen LogP contribution >= 0.6 is 0 Å². The number of ether oxygens (including phenoxy) is 2. The Morgan fingerprint density at radius 2 is 1.04 bits per heavy atom. The van der Waals surface area contributed by atoms with Gasteiger partial charge in [0.25, 0.3) is 0 Å². The van der Waals surface area contributed by atoms with E-state index in [0.29, 0.717) is 19.3 Å². The van der Waals surface area contributed by atoms with Gasteiger partial charge >= 0.3 is 11.9 Å². The molecule has 3 N–H and O–H groups in total. The van der Waals surface area contributed by atoms with Crippen molar-refractivity contribution in [2.75, 3.05) is 13.2 Å². The molecule has 0 aliphatic rings. The van der Waals surface area contributed by atoms with Crippen LogP contribution in [0.3, 0.4) is 0 Å². The lowest BCUT2D eigenvalue weighted by Crippen LogP contribution is -2.26. The lowest BCUT2D eigenvalue weighted by Gasteiger charge is -2.16. The molecule has 0 aromatic heterocycles. The Bertz CT molecular complexity index is 817. The van der Waals surface area contributed by atoms with E-state index in [9.17, 15) is 24.9 Å². The fraction of sp³-hybridized carbons (Fsp3) is 0.737. The summed E-state index contributed by atoms with van der Waals surface area (Å²) in [7, 11) is 0. The quantitative estimate of drug-likeness (QED) is 0.0413. The first-order valence-corrected chi connectivity index (χ1v) is 17.7. The monoisotopic (exact) mass is 634 g/mol. The zero-order chi connectivity index (χ0) is 33.4. The van der Waals surface area contributed by atoms with Crippen LogP contribution in [0.4, 0.5) is 0 Å². The van der Waals surface area contributed by atoms with Gasteiger partial charge in [0.1, 0.15) is 19.3 Å². The molecule has 0 spiro atoms. The summed E-state index contributed by atoms with van der Waals surface area (Å²) in [5.41, 5.74) is 0. The molecular formula is C38H66O7. The van der Waals surface area contributed by atoms with Crippen molar-refractivity contribution in [3.63, 3.8) is 0 Å². The molecule has 0 amide bonds. The van der Waals surface area contributed by atoms with Crippen molar-refractivity contribution < 1.29 is 34.4 Å². The van der Waals surface area contributed by atoms with Gasteiger partial charge in [-0.15, -0.1) is 0 Å². The Labute approximate surface area is 274 Å². The first kappa shape index (κ1) is 42.8. The van der Waals surface area contributed by atoms with Crippen molar-refractivity contribution in [3.8, 4) is 0 Å². The van der Waals surface area contributed by atoms with E-state index in [1.165, 1.54) is 44.9 Å². The highest BCUT2D eigenvalue weighted by Gasteiger charge is 2.16. The maximum atomic E-state index is 12.0. The van der Waals surface area contributed by atoms with Crippen molar-refractivity contribution >= 4 is 11.9 Å². The molecule has 0 radical (unpaired) electrons. The van der Waals surface area contributed by atoms with Crippen LogP contribution in [0.15, 0.2) is 48.6 Å². The summed E-state index contributed by atoms with van der Waals surface area (Å²) in [6, 6.07) is 0. The molecule has 4 atom stereocenters. The van der Waals surface area contributed by atoms with Gasteiger partial charge in [0.2, 0.25) is 0 Å². The summed E-state index contributed by atoms with van der Waals surface area (Å²) >= 11 is 0. The molecule has 0 heterocycles. The van der Waals surface area contributed by atoms with E-state index in [1.807, 2.05) is 12.2 Å². The first-order chi connectivity index (χ1) is 21.8. The molecule has 0 rings (SSSR count). The molecule has 45 heavy (non-hydrogen) atoms. The van der Waals surface area contributed by atoms with E-state index in [2.05, 4.69) is 57.2 Å². The number of hydrogen-bond donors (Lipinski definition) is 3. The number of rotatable bonds is 30. The Morgan fingerprint density at radius 3 is 1.58 bits per heavy atom. The number of esters is 2. The average molecular weight is 635 g/mol. The third-order valence-electron chi connectivity index (χ3n) is 7.82. The van der Waals surface area contributed by atoms with Crippen LogP contribution in [0.25, 0.3) is 0 Å². The smallest absolute Gasteiger partial charge is 0.305 e. The minimum absolute atomic E-state index is 0.0678. The van der Waals surface area contributed by atoms with Crippen LogP contribution < -0.4 is 0 Å². The van der Waals surface area contributed by atoms with Gasteiger partial charge in [-0.3, -0.25) is 9.59 Å². The van der Waals surface area contributed by atoms with Crippen LogP contribution in [0.1, 0.15) is 143 Å². The summed E-state index contributed by atoms with van der Waals surface area (Å²) in [6.07, 6.45) is 30.6. The zero-order valence-corrected chi connectivity index (χ0v) is 28.8. The highest BCUT2D eigenvalue weighted by molar-refractivity contribution is 5.69. The maximum absolute atomic E-state index is 12.0. The van der Waals surface area contributed by atoms with Gasteiger partial charge in [-0.25, -0.2) is 0 Å². The zero-order valence-electron chi connectivity index (χ0n) is 28.8. The van der Waals surface area contributed by atoms with Gasteiger partial charge in [0.05, 0.1) is 12.2 Å². The molecule has 260 valence electrons. The van der Waals surface area contributed by atoms with Gasteiger partial charge in [-0.1, -0.05) is 127 Å². The highest BCUT2D eigenvalue weighted by atomic mass is 16.6. The molecule has 0 fully saturated rings. The van der Waals surface area contributed by atoms with E-state index in [0.717, 1.165) is 50.9 Å². The Hall–Kier alpha value is -2.22. The van der Waals surface area contributed by atoms with E-state index in [4.69, 9.17) is 9.47 Å². The van der Waals surface area contributed by atoms with E-state index in [-0.39, 0.29) is 32.0 Å². The maximum Gasteiger partial charge on any atom is 0.305 e. The average Bonchev–Trinajstić information content (AvgIpc) is 3.03. The molecule has 0 aliphatic heterocycles. The molecule has 0 saturated carbocycles. The van der Waals surface area contributed by atoms with Crippen molar-refractivity contribution in [1.82, 2.24) is 0 Å². The number of unbranched alkanes of at least 4 members (excludes halogenated alkanes) is 7. The standard InChI is InChI=1S/C38H66O7/c1-4-6-7-8-9-10-11-12-13-17-20-23-27-35(40)36(41)28-25-30-38(43)45-32-34(39)31-44-37(42)29-24-21-18-15-14-16-19-22-26-33(3)5-2/h6-7,9-10,12-13,20,23,33-36,39-41H,4-5,8,11,14-19,21-22,24-32H2,1-3H3/b7-6-,10-9-,13-12-,23-20-/t33?,34-,35+,36+/m1/s1. The summed E-state index contributed by atoms with van der Waals surface area (Å²) < 4.78 is 10.2. The van der Waals surface area contributed by atoms with E-state index in [1.54, 1.807) is 0 Å². The number of allylic oxidation sites excluding steroid dienone is 7. The normalized spacial score (nSPS) is 14.9. The highest BCUT2D eigenvalue weighted by Crippen LogP contribution is 2.15.